The van der Waals surface area contributed by atoms with Crippen LogP contribution < -0.4 is 26.5 Å². The first-order valence-electron chi connectivity index (χ1n) is 23.8. The number of imide groups is 1. The molecule has 0 radical (unpaired) electrons. The summed E-state index contributed by atoms with van der Waals surface area (Å²) in [5.41, 5.74) is 6.57. The zero-order valence-electron chi connectivity index (χ0n) is 40.1. The van der Waals surface area contributed by atoms with E-state index in [1.807, 2.05) is 44.2 Å². The third kappa shape index (κ3) is 8.39. The van der Waals surface area contributed by atoms with E-state index in [1.54, 1.807) is 61.5 Å². The van der Waals surface area contributed by atoms with Crippen molar-refractivity contribution in [2.45, 2.75) is 63.3 Å². The number of benzene rings is 5. The van der Waals surface area contributed by atoms with Crippen LogP contribution in [0.15, 0.2) is 108 Å². The van der Waals surface area contributed by atoms with E-state index < -0.39 is 29.1 Å². The van der Waals surface area contributed by atoms with E-state index in [2.05, 4.69) is 49.2 Å². The van der Waals surface area contributed by atoms with Crippen molar-refractivity contribution in [3.63, 3.8) is 0 Å². The molecule has 5 heterocycles. The lowest BCUT2D eigenvalue weighted by Gasteiger charge is -2.32. The minimum absolute atomic E-state index is 0.0354. The molecule has 10 rings (SSSR count). The lowest BCUT2D eigenvalue weighted by molar-refractivity contribution is -0.136. The van der Waals surface area contributed by atoms with Crippen LogP contribution in [-0.2, 0) is 40.3 Å². The lowest BCUT2D eigenvalue weighted by Crippen LogP contribution is -2.55. The molecule has 7 aromatic rings. The van der Waals surface area contributed by atoms with Gasteiger partial charge in [-0.2, -0.15) is 10.2 Å². The van der Waals surface area contributed by atoms with Crippen LogP contribution >= 0.6 is 0 Å². The Morgan fingerprint density at radius 2 is 1.58 bits per heavy atom. The minimum Gasteiger partial charge on any atom is -0.355 e. The van der Waals surface area contributed by atoms with Crippen LogP contribution in [0.5, 0.6) is 0 Å². The van der Waals surface area contributed by atoms with Crippen LogP contribution in [0, 0.1) is 5.82 Å². The van der Waals surface area contributed by atoms with Crippen molar-refractivity contribution in [1.29, 1.82) is 0 Å². The molecule has 3 N–H and O–H groups in total. The monoisotopic (exact) mass is 956 g/mol. The van der Waals surface area contributed by atoms with Crippen molar-refractivity contribution in [3.8, 4) is 27.9 Å². The molecule has 5 amide bonds. The molecule has 3 aliphatic rings. The Morgan fingerprint density at radius 1 is 0.831 bits per heavy atom. The van der Waals surface area contributed by atoms with Crippen molar-refractivity contribution in [1.82, 2.24) is 39.7 Å². The number of amides is 5. The molecule has 0 bridgehead atoms. The van der Waals surface area contributed by atoms with Crippen LogP contribution in [0.1, 0.15) is 83.0 Å². The largest absolute Gasteiger partial charge is 0.355 e. The third-order valence-electron chi connectivity index (χ3n) is 14.4. The SMILES string of the molecule is CNC(=O)c1cccc(NC(=O)c2nn(C)c3ccc(-c4ccc(-n5cnn(C)c5=O)cc4-c4ccc(C5CCN(CCc6cccc7c6C(C)(C)C(=O)N7C6CCC(=O)NC6=O)CC5)cc4)c(F)c23)c1. The molecule has 3 aliphatic heterocycles. The fraction of sp³-hybridized carbons (Fsp3) is 0.296. The molecule has 16 nitrogen and oxygen atoms in total. The second-order valence-corrected chi connectivity index (χ2v) is 19.1. The highest BCUT2D eigenvalue weighted by molar-refractivity contribution is 6.14. The summed E-state index contributed by atoms with van der Waals surface area (Å²) >= 11 is 0. The Kier molecular flexibility index (Phi) is 12.1. The highest BCUT2D eigenvalue weighted by Gasteiger charge is 2.50. The van der Waals surface area contributed by atoms with Crippen LogP contribution in [-0.4, -0.2) is 91.3 Å². The lowest BCUT2D eigenvalue weighted by atomic mass is 9.82. The van der Waals surface area contributed by atoms with E-state index >= 15 is 4.39 Å². The van der Waals surface area contributed by atoms with Crippen LogP contribution in [0.3, 0.4) is 0 Å². The van der Waals surface area contributed by atoms with Gasteiger partial charge in [0.25, 0.3) is 11.8 Å². The molecule has 71 heavy (non-hydrogen) atoms. The maximum atomic E-state index is 17.2. The van der Waals surface area contributed by atoms with E-state index in [1.165, 1.54) is 38.9 Å². The topological polar surface area (TPSA) is 186 Å². The molecule has 2 aromatic heterocycles. The van der Waals surface area contributed by atoms with Crippen molar-refractivity contribution in [3.05, 3.63) is 148 Å². The van der Waals surface area contributed by atoms with Gasteiger partial charge in [0.2, 0.25) is 17.7 Å². The summed E-state index contributed by atoms with van der Waals surface area (Å²) in [6.07, 6.45) is 4.56. The molecule has 5 aromatic carbocycles. The van der Waals surface area contributed by atoms with Crippen LogP contribution in [0.4, 0.5) is 15.8 Å². The van der Waals surface area contributed by atoms with Crippen LogP contribution in [0.25, 0.3) is 38.8 Å². The van der Waals surface area contributed by atoms with Gasteiger partial charge in [-0.25, -0.2) is 18.4 Å². The van der Waals surface area contributed by atoms with Gasteiger partial charge in [-0.1, -0.05) is 48.5 Å². The van der Waals surface area contributed by atoms with Gasteiger partial charge in [0.15, 0.2) is 5.69 Å². The molecule has 2 fully saturated rings. The minimum atomic E-state index is -0.820. The molecule has 362 valence electrons. The zero-order chi connectivity index (χ0) is 49.9. The molecule has 17 heteroatoms. The number of carbonyl (C=O) groups excluding carboxylic acids is 5. The first-order valence-corrected chi connectivity index (χ1v) is 23.8. The molecule has 0 aliphatic carbocycles. The van der Waals surface area contributed by atoms with E-state index in [0.29, 0.717) is 45.9 Å². The molecule has 0 spiro atoms. The standard InChI is InChI=1S/C54H53FN10O6/c1-54(2)46-34(8-7-11-42(46)65(52(54)70)43-20-21-44(66)59-50(43)68)24-27-63-25-22-32(23-26-63)31-12-14-33(15-13-31)40-29-37(64-30-57-62(5)53(64)71)16-17-38(40)39-18-19-41-45(47(39)55)48(60-61(41)4)51(69)58-36-10-6-9-35(28-36)49(67)56-3/h6-19,28-30,32,43H,20-27H2,1-5H3,(H,56,67)(H,58,69)(H,59,66,68). The molecular weight excluding hydrogens is 904 g/mol. The fourth-order valence-electron chi connectivity index (χ4n) is 10.6. The van der Waals surface area contributed by atoms with Crippen molar-refractivity contribution in [2.75, 3.05) is 36.9 Å². The normalized spacial score (nSPS) is 17.1. The number of nitrogens with zero attached hydrogens (tertiary/aromatic N) is 7. The number of fused-ring (bicyclic) bond motifs is 2. The summed E-state index contributed by atoms with van der Waals surface area (Å²) in [4.78, 5) is 81.9. The Labute approximate surface area is 408 Å². The molecule has 0 saturated carbocycles. The summed E-state index contributed by atoms with van der Waals surface area (Å²) in [5.74, 6) is -2.18. The molecular formula is C54H53FN10O6. The number of anilines is 2. The van der Waals surface area contributed by atoms with Gasteiger partial charge in [0, 0.05) is 56.6 Å². The smallest absolute Gasteiger partial charge is 0.350 e. The number of hydrogen-bond acceptors (Lipinski definition) is 9. The van der Waals surface area contributed by atoms with Crippen molar-refractivity contribution >= 4 is 51.8 Å². The number of nitrogens with one attached hydrogen (secondary N) is 3. The van der Waals surface area contributed by atoms with Gasteiger partial charge >= 0.3 is 5.69 Å². The highest BCUT2D eigenvalue weighted by atomic mass is 19.1. The van der Waals surface area contributed by atoms with Crippen molar-refractivity contribution < 1.29 is 28.4 Å². The first-order chi connectivity index (χ1) is 34.1. The Morgan fingerprint density at radius 3 is 2.30 bits per heavy atom. The summed E-state index contributed by atoms with van der Waals surface area (Å²) in [6, 6.07) is 28.7. The number of likely N-dealkylation sites (tertiary alicyclic amines) is 1. The molecule has 2 saturated heterocycles. The summed E-state index contributed by atoms with van der Waals surface area (Å²) < 4.78 is 21.4. The summed E-state index contributed by atoms with van der Waals surface area (Å²) in [7, 11) is 4.73. The van der Waals surface area contributed by atoms with E-state index in [-0.39, 0.29) is 46.5 Å². The van der Waals surface area contributed by atoms with Gasteiger partial charge in [-0.05, 0) is 140 Å². The quantitative estimate of drug-likeness (QED) is 0.124. The first kappa shape index (κ1) is 46.7. The van der Waals surface area contributed by atoms with Gasteiger partial charge in [0.05, 0.1) is 22.0 Å². The summed E-state index contributed by atoms with van der Waals surface area (Å²) in [5, 5.41) is 16.4. The number of rotatable bonds is 11. The van der Waals surface area contributed by atoms with Crippen LogP contribution in [0.2, 0.25) is 0 Å². The second kappa shape index (κ2) is 18.4. The van der Waals surface area contributed by atoms with E-state index in [4.69, 9.17) is 0 Å². The molecule has 1 atom stereocenters. The Hall–Kier alpha value is -8.05. The zero-order valence-corrected chi connectivity index (χ0v) is 40.1. The van der Waals surface area contributed by atoms with E-state index in [9.17, 15) is 28.8 Å². The predicted octanol–water partition coefficient (Wildman–Crippen LogP) is 6.39. The number of aromatic nitrogens is 5. The number of hydrogen-bond donors (Lipinski definition) is 3. The average Bonchev–Trinajstić information content (AvgIpc) is 3.97. The predicted molar refractivity (Wildman–Crippen MR) is 267 cm³/mol. The Balaban J connectivity index is 0.888. The number of carbonyl (C=O) groups is 5. The average molecular weight is 957 g/mol. The molecule has 1 unspecified atom stereocenters. The van der Waals surface area contributed by atoms with Gasteiger partial charge < -0.3 is 15.5 Å². The fourth-order valence-corrected chi connectivity index (χ4v) is 10.6. The van der Waals surface area contributed by atoms with Gasteiger partial charge in [0.1, 0.15) is 18.2 Å². The second-order valence-electron chi connectivity index (χ2n) is 19.1. The number of aryl methyl sites for hydroxylation is 2. The maximum Gasteiger partial charge on any atom is 0.350 e. The van der Waals surface area contributed by atoms with Gasteiger partial charge in [-0.3, -0.25) is 38.9 Å². The number of piperidine rings is 2. The maximum absolute atomic E-state index is 17.2. The Bertz CT molecular complexity index is 3380. The number of halogens is 1. The van der Waals surface area contributed by atoms with E-state index in [0.717, 1.165) is 61.3 Å². The summed E-state index contributed by atoms with van der Waals surface area (Å²) in [6.45, 7) is 6.41. The highest BCUT2D eigenvalue weighted by Crippen LogP contribution is 2.46. The van der Waals surface area contributed by atoms with Gasteiger partial charge in [-0.15, -0.1) is 0 Å². The van der Waals surface area contributed by atoms with Crippen molar-refractivity contribution in [2.24, 2.45) is 14.1 Å². The third-order valence-corrected chi connectivity index (χ3v) is 14.4.